The minimum Gasteiger partial charge on any atom is -0.308 e. The molecule has 0 N–H and O–H groups in total. The number of fused-ring (bicyclic) bond motifs is 6. The van der Waals surface area contributed by atoms with Crippen LogP contribution in [0.5, 0.6) is 0 Å². The van der Waals surface area contributed by atoms with E-state index in [1.807, 2.05) is 13.8 Å². The molecular weight excluding hydrogens is 757 g/mol. The van der Waals surface area contributed by atoms with Gasteiger partial charge < -0.3 is 9.13 Å². The Labute approximate surface area is 327 Å². The zero-order valence-electron chi connectivity index (χ0n) is 31.5. The van der Waals surface area contributed by atoms with Gasteiger partial charge in [-0.2, -0.15) is 26.3 Å². The van der Waals surface area contributed by atoms with Crippen molar-refractivity contribution in [3.8, 4) is 33.6 Å². The number of hydrogen-bond acceptors (Lipinski definition) is 0. The van der Waals surface area contributed by atoms with Crippen molar-refractivity contribution < 1.29 is 35.1 Å². The maximum atomic E-state index is 16.6. The lowest BCUT2D eigenvalue weighted by atomic mass is 9.84. The van der Waals surface area contributed by atoms with Crippen molar-refractivity contribution in [3.05, 3.63) is 166 Å². The van der Waals surface area contributed by atoms with E-state index in [9.17, 15) is 0 Å². The Kier molecular flexibility index (Phi) is 8.37. The maximum absolute atomic E-state index is 16.6. The molecule has 2 nitrogen and oxygen atoms in total. The first kappa shape index (κ1) is 37.2. The lowest BCUT2D eigenvalue weighted by Crippen LogP contribution is -2.23. The van der Waals surface area contributed by atoms with Crippen molar-refractivity contribution in [2.45, 2.75) is 40.0 Å². The molecule has 0 aliphatic carbocycles. The summed E-state index contributed by atoms with van der Waals surface area (Å²) in [4.78, 5) is 0. The topological polar surface area (TPSA) is 9.86 Å². The van der Waals surface area contributed by atoms with Gasteiger partial charge in [0.05, 0.1) is 44.6 Å². The molecule has 9 rings (SSSR count). The summed E-state index contributed by atoms with van der Waals surface area (Å²) in [5.74, 6) is -2.22. The van der Waals surface area contributed by atoms with Gasteiger partial charge in [-0.3, -0.25) is 0 Å². The summed E-state index contributed by atoms with van der Waals surface area (Å²) in [5, 5.41) is 1.91. The second kappa shape index (κ2) is 13.1. The van der Waals surface area contributed by atoms with E-state index in [4.69, 9.17) is 0 Å². The Morgan fingerprint density at radius 3 is 0.966 bits per heavy atom. The number of aromatic nitrogens is 2. The average molecular weight is 789 g/mol. The molecule has 0 saturated carbocycles. The molecule has 0 saturated heterocycles. The first-order valence-corrected chi connectivity index (χ1v) is 18.5. The molecule has 58 heavy (non-hydrogen) atoms. The molecule has 290 valence electrons. The Morgan fingerprint density at radius 1 is 0.379 bits per heavy atom. The van der Waals surface area contributed by atoms with Crippen LogP contribution >= 0.6 is 0 Å². The van der Waals surface area contributed by atoms with Gasteiger partial charge >= 0.3 is 12.4 Å². The Hall–Kier alpha value is -6.42. The van der Waals surface area contributed by atoms with Crippen LogP contribution in [0.2, 0.25) is 0 Å². The smallest absolute Gasteiger partial charge is 0.308 e. The summed E-state index contributed by atoms with van der Waals surface area (Å²) in [6.45, 7) is 7.19. The molecule has 0 radical (unpaired) electrons. The average Bonchev–Trinajstić information content (AvgIpc) is 3.64. The number of nitrogens with zero attached hydrogens (tertiary/aromatic N) is 2. The van der Waals surface area contributed by atoms with Crippen LogP contribution in [0.15, 0.2) is 121 Å². The fourth-order valence-corrected chi connectivity index (χ4v) is 8.56. The van der Waals surface area contributed by atoms with Crippen molar-refractivity contribution in [1.29, 1.82) is 0 Å². The first-order valence-electron chi connectivity index (χ1n) is 18.5. The number of aryl methyl sites for hydroxylation is 4. The maximum Gasteiger partial charge on any atom is 0.419 e. The molecule has 0 fully saturated rings. The number of hydrogen-bond donors (Lipinski definition) is 0. The highest BCUT2D eigenvalue weighted by atomic mass is 19.4. The van der Waals surface area contributed by atoms with E-state index in [1.165, 1.54) is 41.0 Å². The molecule has 7 aromatic carbocycles. The number of alkyl halides is 6. The Morgan fingerprint density at radius 2 is 0.672 bits per heavy atom. The van der Waals surface area contributed by atoms with Crippen LogP contribution in [-0.2, 0) is 12.4 Å². The van der Waals surface area contributed by atoms with Gasteiger partial charge in [-0.15, -0.1) is 0 Å². The zero-order chi connectivity index (χ0) is 41.0. The molecule has 9 aromatic rings. The van der Waals surface area contributed by atoms with Gasteiger partial charge in [-0.05, 0) is 88.4 Å². The van der Waals surface area contributed by atoms with Crippen molar-refractivity contribution in [2.24, 2.45) is 0 Å². The highest BCUT2D eigenvalue weighted by Crippen LogP contribution is 2.57. The standard InChI is InChI=1S/C48H32F8N2/c1-25-13-17-37-31(21-25)32-22-26(2)14-18-38(32)57(37)45-41(29-9-5-7-11-35(29)49)43(47(51,52)53)46(44(48(54,55)56)42(45)30-10-6-8-12-36(30)50)58-39-19-15-27(3)23-33(39)34-24-28(4)16-20-40(34)58/h5-24H,1-4H3. The number of halogens is 8. The van der Waals surface area contributed by atoms with Crippen LogP contribution in [0, 0.1) is 39.3 Å². The lowest BCUT2D eigenvalue weighted by molar-refractivity contribution is -0.142. The third kappa shape index (κ3) is 5.68. The van der Waals surface area contributed by atoms with Gasteiger partial charge in [0.2, 0.25) is 0 Å². The van der Waals surface area contributed by atoms with E-state index >= 15 is 35.1 Å². The second-order valence-corrected chi connectivity index (χ2v) is 14.9. The van der Waals surface area contributed by atoms with Crippen LogP contribution < -0.4 is 0 Å². The van der Waals surface area contributed by atoms with Gasteiger partial charge in [0.25, 0.3) is 0 Å². The molecule has 2 aromatic heterocycles. The molecule has 0 unspecified atom stereocenters. The second-order valence-electron chi connectivity index (χ2n) is 14.9. The fourth-order valence-electron chi connectivity index (χ4n) is 8.56. The molecule has 0 aliphatic rings. The first-order chi connectivity index (χ1) is 27.5. The van der Waals surface area contributed by atoms with Gasteiger partial charge in [-0.25, -0.2) is 8.78 Å². The largest absolute Gasteiger partial charge is 0.419 e. The summed E-state index contributed by atoms with van der Waals surface area (Å²) < 4.78 is 135. The normalized spacial score (nSPS) is 12.5. The van der Waals surface area contributed by atoms with Gasteiger partial charge in [0.15, 0.2) is 0 Å². The number of benzene rings is 7. The third-order valence-electron chi connectivity index (χ3n) is 10.9. The predicted octanol–water partition coefficient (Wildman–Crippen LogP) is 14.8. The van der Waals surface area contributed by atoms with Crippen LogP contribution in [0.25, 0.3) is 77.2 Å². The summed E-state index contributed by atoms with van der Waals surface area (Å²) in [7, 11) is 0. The van der Waals surface area contributed by atoms with Crippen molar-refractivity contribution in [2.75, 3.05) is 0 Å². The minimum atomic E-state index is -5.54. The Balaban J connectivity index is 1.68. The third-order valence-corrected chi connectivity index (χ3v) is 10.9. The minimum absolute atomic E-state index is 0.0525. The van der Waals surface area contributed by atoms with Crippen LogP contribution in [-0.4, -0.2) is 9.13 Å². The molecule has 0 amide bonds. The van der Waals surface area contributed by atoms with Gasteiger partial charge in [-0.1, -0.05) is 82.9 Å². The van der Waals surface area contributed by atoms with Crippen LogP contribution in [0.1, 0.15) is 33.4 Å². The molecular formula is C48H32F8N2. The quantitative estimate of drug-likeness (QED) is 0.157. The molecule has 2 heterocycles. The molecule has 0 spiro atoms. The predicted molar refractivity (Wildman–Crippen MR) is 215 cm³/mol. The lowest BCUT2D eigenvalue weighted by Gasteiger charge is -2.31. The highest BCUT2D eigenvalue weighted by molar-refractivity contribution is 6.13. The van der Waals surface area contributed by atoms with E-state index in [0.29, 0.717) is 21.5 Å². The van der Waals surface area contributed by atoms with Gasteiger partial charge in [0.1, 0.15) is 11.6 Å². The van der Waals surface area contributed by atoms with E-state index in [-0.39, 0.29) is 22.1 Å². The fraction of sp³-hybridized carbons (Fsp3) is 0.125. The van der Waals surface area contributed by atoms with Crippen molar-refractivity contribution >= 4 is 43.6 Å². The molecule has 0 aliphatic heterocycles. The highest BCUT2D eigenvalue weighted by Gasteiger charge is 2.49. The summed E-state index contributed by atoms with van der Waals surface area (Å²) >= 11 is 0. The number of rotatable bonds is 4. The van der Waals surface area contributed by atoms with Crippen molar-refractivity contribution in [3.63, 3.8) is 0 Å². The van der Waals surface area contributed by atoms with Crippen molar-refractivity contribution in [1.82, 2.24) is 9.13 Å². The zero-order valence-corrected chi connectivity index (χ0v) is 31.5. The molecule has 0 bridgehead atoms. The van der Waals surface area contributed by atoms with Gasteiger partial charge in [0, 0.05) is 43.8 Å². The van der Waals surface area contributed by atoms with E-state index in [1.54, 1.807) is 74.5 Å². The monoisotopic (exact) mass is 788 g/mol. The van der Waals surface area contributed by atoms with E-state index < -0.39 is 68.7 Å². The van der Waals surface area contributed by atoms with Crippen LogP contribution in [0.4, 0.5) is 35.1 Å². The molecule has 0 atom stereocenters. The SMILES string of the molecule is Cc1ccc2c(c1)c1cc(C)ccc1n2-c1c(-c2ccccc2F)c(C(F)(F)F)c(-n2c3ccc(C)cc3c3cc(C)ccc32)c(C(F)(F)F)c1-c1ccccc1F. The van der Waals surface area contributed by atoms with E-state index in [0.717, 1.165) is 51.1 Å². The summed E-state index contributed by atoms with van der Waals surface area (Å²) in [5.41, 5.74) is -4.75. The summed E-state index contributed by atoms with van der Waals surface area (Å²) in [6.07, 6.45) is -11.1. The summed E-state index contributed by atoms with van der Waals surface area (Å²) in [6, 6.07) is 29.2. The van der Waals surface area contributed by atoms with Crippen LogP contribution in [0.3, 0.4) is 0 Å². The van der Waals surface area contributed by atoms with E-state index in [2.05, 4.69) is 0 Å². The molecule has 10 heteroatoms. The Bertz CT molecular complexity index is 2960.